The van der Waals surface area contributed by atoms with Gasteiger partial charge in [0.1, 0.15) is 11.1 Å². The SMILES string of the molecule is Cc1ccc(-c2cc(C(F)(F)F)nn2-c2ccc(S(=O)(=O)NC(=O)OC3CCN(n4on4OCOC(=O)C(C)C)CC3)cc2)cc1. The summed E-state index contributed by atoms with van der Waals surface area (Å²) >= 11 is 0. The molecule has 0 aliphatic carbocycles. The first-order valence-corrected chi connectivity index (χ1v) is 15.6. The molecule has 0 saturated carbocycles. The van der Waals surface area contributed by atoms with E-state index in [0.29, 0.717) is 31.5 Å². The molecule has 0 atom stereocenters. The van der Waals surface area contributed by atoms with Crippen molar-refractivity contribution in [2.45, 2.75) is 50.8 Å². The average molecular weight is 669 g/mol. The van der Waals surface area contributed by atoms with Crippen LogP contribution >= 0.6 is 0 Å². The molecule has 1 aliphatic heterocycles. The van der Waals surface area contributed by atoms with Gasteiger partial charge in [-0.05, 0) is 37.3 Å². The molecule has 1 N–H and O–H groups in total. The Kier molecular flexibility index (Phi) is 9.09. The summed E-state index contributed by atoms with van der Waals surface area (Å²) in [6.07, 6.45) is -5.75. The molecular weight excluding hydrogens is 637 g/mol. The Balaban J connectivity index is 1.16. The number of aromatic nitrogens is 4. The molecule has 0 unspecified atom stereocenters. The van der Waals surface area contributed by atoms with Crippen LogP contribution in [0.1, 0.15) is 37.9 Å². The lowest BCUT2D eigenvalue weighted by Crippen LogP contribution is -2.44. The number of esters is 1. The van der Waals surface area contributed by atoms with Gasteiger partial charge in [-0.1, -0.05) is 43.7 Å². The molecule has 1 saturated heterocycles. The van der Waals surface area contributed by atoms with Gasteiger partial charge in [-0.2, -0.15) is 22.9 Å². The molecule has 5 rings (SSSR count). The largest absolute Gasteiger partial charge is 0.445 e. The third-order valence-corrected chi connectivity index (χ3v) is 8.31. The van der Waals surface area contributed by atoms with E-state index in [1.54, 1.807) is 43.1 Å². The highest BCUT2D eigenvalue weighted by Gasteiger charge is 2.35. The van der Waals surface area contributed by atoms with Crippen LogP contribution in [-0.4, -0.2) is 66.2 Å². The van der Waals surface area contributed by atoms with Crippen molar-refractivity contribution in [3.05, 3.63) is 65.9 Å². The lowest BCUT2D eigenvalue weighted by atomic mass is 10.1. The fourth-order valence-corrected chi connectivity index (χ4v) is 5.34. The number of alkyl halides is 3. The summed E-state index contributed by atoms with van der Waals surface area (Å²) in [5.41, 5.74) is 0.636. The number of carbonyl (C=O) groups excluding carboxylic acids is 2. The lowest BCUT2D eigenvalue weighted by Gasteiger charge is -2.28. The molecule has 14 nitrogen and oxygen atoms in total. The molecule has 1 fully saturated rings. The number of benzene rings is 2. The van der Waals surface area contributed by atoms with Crippen LogP contribution in [0.25, 0.3) is 16.9 Å². The number of rotatable bonds is 10. The van der Waals surface area contributed by atoms with Gasteiger partial charge < -0.3 is 14.3 Å². The van der Waals surface area contributed by atoms with Crippen LogP contribution in [0.15, 0.2) is 64.1 Å². The predicted octanol–water partition coefficient (Wildman–Crippen LogP) is 3.86. The number of amides is 1. The highest BCUT2D eigenvalue weighted by atomic mass is 32.2. The quantitative estimate of drug-likeness (QED) is 0.195. The number of hydrogen-bond donors (Lipinski definition) is 1. The summed E-state index contributed by atoms with van der Waals surface area (Å²) in [4.78, 5) is 30.1. The van der Waals surface area contributed by atoms with E-state index in [2.05, 4.69) is 5.10 Å². The van der Waals surface area contributed by atoms with Crippen molar-refractivity contribution in [3.8, 4) is 16.9 Å². The fourth-order valence-electron chi connectivity index (χ4n) is 4.46. The molecule has 1 amide bonds. The first kappa shape index (κ1) is 32.5. The fraction of sp³-hybridized carbons (Fsp3) is 0.393. The number of sulfonamides is 1. The minimum Gasteiger partial charge on any atom is -0.445 e. The molecule has 3 heterocycles. The molecule has 248 valence electrons. The molecule has 1 aliphatic rings. The maximum absolute atomic E-state index is 13.5. The van der Waals surface area contributed by atoms with Crippen LogP contribution < -0.4 is 14.6 Å². The van der Waals surface area contributed by atoms with Gasteiger partial charge in [0.2, 0.25) is 0 Å². The van der Waals surface area contributed by atoms with Crippen LogP contribution in [0.4, 0.5) is 18.0 Å². The summed E-state index contributed by atoms with van der Waals surface area (Å²) in [5, 5.41) is 6.47. The van der Waals surface area contributed by atoms with E-state index in [9.17, 15) is 31.2 Å². The van der Waals surface area contributed by atoms with Gasteiger partial charge in [-0.25, -0.2) is 22.6 Å². The van der Waals surface area contributed by atoms with Crippen molar-refractivity contribution < 1.29 is 50.1 Å². The van der Waals surface area contributed by atoms with Crippen LogP contribution in [-0.2, 0) is 30.5 Å². The number of halogens is 3. The number of aryl methyl sites for hydroxylation is 1. The average Bonchev–Trinajstić information content (AvgIpc) is 3.62. The molecule has 18 heteroatoms. The third kappa shape index (κ3) is 7.67. The van der Waals surface area contributed by atoms with Crippen molar-refractivity contribution in [1.29, 1.82) is 0 Å². The minimum absolute atomic E-state index is 0.160. The highest BCUT2D eigenvalue weighted by molar-refractivity contribution is 7.90. The van der Waals surface area contributed by atoms with Crippen LogP contribution in [0.5, 0.6) is 0 Å². The van der Waals surface area contributed by atoms with E-state index in [1.165, 1.54) is 17.1 Å². The monoisotopic (exact) mass is 668 g/mol. The lowest BCUT2D eigenvalue weighted by molar-refractivity contribution is -0.163. The molecule has 0 spiro atoms. The van der Waals surface area contributed by atoms with E-state index >= 15 is 0 Å². The Morgan fingerprint density at radius 2 is 1.72 bits per heavy atom. The van der Waals surface area contributed by atoms with Crippen molar-refractivity contribution in [1.82, 2.24) is 24.5 Å². The maximum Gasteiger partial charge on any atom is 0.435 e. The Morgan fingerprint density at radius 3 is 2.33 bits per heavy atom. The zero-order valence-corrected chi connectivity index (χ0v) is 25.7. The Bertz CT molecular complexity index is 1760. The summed E-state index contributed by atoms with van der Waals surface area (Å²) in [5.74, 6) is -0.723. The van der Waals surface area contributed by atoms with E-state index in [0.717, 1.165) is 33.5 Å². The van der Waals surface area contributed by atoms with Crippen molar-refractivity contribution >= 4 is 22.1 Å². The van der Waals surface area contributed by atoms with Crippen molar-refractivity contribution in [2.75, 3.05) is 24.9 Å². The number of piperidine rings is 1. The summed E-state index contributed by atoms with van der Waals surface area (Å²) in [6.45, 7) is 5.65. The number of nitrogens with one attached hydrogen (secondary N) is 1. The Morgan fingerprint density at radius 1 is 1.07 bits per heavy atom. The van der Waals surface area contributed by atoms with Gasteiger partial charge in [0.25, 0.3) is 16.8 Å². The Hall–Kier alpha value is -4.87. The van der Waals surface area contributed by atoms with E-state index < -0.39 is 40.1 Å². The van der Waals surface area contributed by atoms with Gasteiger partial charge in [0.05, 0.1) is 22.2 Å². The molecular formula is C28H31F3N6O8S. The second kappa shape index (κ2) is 12.9. The van der Waals surface area contributed by atoms with Gasteiger partial charge >= 0.3 is 18.2 Å². The van der Waals surface area contributed by atoms with Crippen LogP contribution in [0, 0.1) is 12.8 Å². The zero-order chi connectivity index (χ0) is 33.2. The van der Waals surface area contributed by atoms with E-state index in [4.69, 9.17) is 18.9 Å². The maximum atomic E-state index is 13.5. The second-order valence-electron chi connectivity index (χ2n) is 10.8. The van der Waals surface area contributed by atoms with Crippen LogP contribution in [0.2, 0.25) is 0 Å². The summed E-state index contributed by atoms with van der Waals surface area (Å²) < 4.78 is 84.5. The molecule has 0 bridgehead atoms. The van der Waals surface area contributed by atoms with Gasteiger partial charge in [-0.15, -0.1) is 0 Å². The van der Waals surface area contributed by atoms with Crippen molar-refractivity contribution in [3.63, 3.8) is 0 Å². The second-order valence-corrected chi connectivity index (χ2v) is 12.5. The standard InChI is InChI=1S/C28H31F3N6O8S/c1-18(2)26(38)42-17-43-37-36(45-37)34-14-12-22(13-15-34)44-27(39)33-46(40,41)23-10-8-21(9-11-23)35-24(16-25(32-35)28(29,30)31)20-6-4-19(3)5-7-20/h4-11,16,18,22H,12-15,17H2,1-3H3,(H,33,39). The molecule has 46 heavy (non-hydrogen) atoms. The number of carbonyl (C=O) groups is 2. The van der Waals surface area contributed by atoms with Crippen molar-refractivity contribution in [2.24, 2.45) is 5.92 Å². The van der Waals surface area contributed by atoms with E-state index in [1.807, 2.05) is 11.6 Å². The zero-order valence-electron chi connectivity index (χ0n) is 24.9. The smallest absolute Gasteiger partial charge is 0.435 e. The number of nitrogens with zero attached hydrogens (tertiary/aromatic N) is 5. The third-order valence-electron chi connectivity index (χ3n) is 6.98. The number of ether oxygens (including phenoxy) is 2. The topological polar surface area (TPSA) is 152 Å². The molecule has 4 aromatic rings. The summed E-state index contributed by atoms with van der Waals surface area (Å²) in [7, 11) is -4.37. The summed E-state index contributed by atoms with van der Waals surface area (Å²) in [6, 6.07) is 12.6. The van der Waals surface area contributed by atoms with Crippen LogP contribution in [0.3, 0.4) is 0 Å². The predicted molar refractivity (Wildman–Crippen MR) is 154 cm³/mol. The van der Waals surface area contributed by atoms with E-state index in [-0.39, 0.29) is 29.0 Å². The van der Waals surface area contributed by atoms with Gasteiger partial charge in [0.15, 0.2) is 5.69 Å². The molecule has 0 radical (unpaired) electrons. The highest BCUT2D eigenvalue weighted by Crippen LogP contribution is 2.33. The first-order chi connectivity index (χ1) is 21.7. The Labute approximate surface area is 261 Å². The normalized spacial score (nSPS) is 14.5. The molecule has 2 aromatic heterocycles. The molecule has 2 aromatic carbocycles. The first-order valence-electron chi connectivity index (χ1n) is 14.1. The number of hydrogen-bond acceptors (Lipinski definition) is 10. The minimum atomic E-state index is -4.70. The van der Waals surface area contributed by atoms with Gasteiger partial charge in [0, 0.05) is 36.5 Å². The van der Waals surface area contributed by atoms with Gasteiger partial charge in [-0.3, -0.25) is 9.80 Å².